The first-order chi connectivity index (χ1) is 9.20. The highest BCUT2D eigenvalue weighted by molar-refractivity contribution is 5.85. The van der Waals surface area contributed by atoms with Crippen molar-refractivity contribution in [3.8, 4) is 0 Å². The zero-order valence-corrected chi connectivity index (χ0v) is 10.8. The third kappa shape index (κ3) is 3.31. The molecule has 0 unspecified atom stereocenters. The predicted octanol–water partition coefficient (Wildman–Crippen LogP) is 2.95. The second kappa shape index (κ2) is 6.00. The molecule has 0 aliphatic heterocycles. The van der Waals surface area contributed by atoms with Crippen molar-refractivity contribution in [1.29, 1.82) is 0 Å². The summed E-state index contributed by atoms with van der Waals surface area (Å²) >= 11 is 0. The number of benzene rings is 1. The Hall–Kier alpha value is -2.36. The minimum absolute atomic E-state index is 0.0723. The van der Waals surface area contributed by atoms with Crippen LogP contribution in [-0.2, 0) is 13.0 Å². The van der Waals surface area contributed by atoms with Gasteiger partial charge in [0.1, 0.15) is 5.69 Å². The smallest absolute Gasteiger partial charge is 0.354 e. The molecule has 1 heterocycles. The van der Waals surface area contributed by atoms with Gasteiger partial charge in [0.2, 0.25) is 0 Å². The molecule has 4 heteroatoms. The monoisotopic (exact) mass is 256 g/mol. The van der Waals surface area contributed by atoms with Crippen molar-refractivity contribution in [3.05, 3.63) is 59.4 Å². The van der Waals surface area contributed by atoms with Gasteiger partial charge in [-0.2, -0.15) is 0 Å². The first-order valence-corrected chi connectivity index (χ1v) is 6.21. The maximum Gasteiger partial charge on any atom is 0.354 e. The molecule has 2 rings (SSSR count). The lowest BCUT2D eigenvalue weighted by molar-refractivity contribution is 0.0690. The van der Waals surface area contributed by atoms with Crippen LogP contribution in [0.15, 0.2) is 42.5 Å². The van der Waals surface area contributed by atoms with Crippen LogP contribution in [0.2, 0.25) is 0 Å². The zero-order chi connectivity index (χ0) is 13.7. The van der Waals surface area contributed by atoms with Crippen molar-refractivity contribution >= 4 is 11.7 Å². The van der Waals surface area contributed by atoms with Gasteiger partial charge < -0.3 is 10.4 Å². The van der Waals surface area contributed by atoms with Crippen molar-refractivity contribution in [1.82, 2.24) is 4.98 Å². The molecule has 0 amide bonds. The van der Waals surface area contributed by atoms with E-state index < -0.39 is 5.97 Å². The third-order valence-corrected chi connectivity index (χ3v) is 2.88. The second-order valence-corrected chi connectivity index (χ2v) is 4.18. The van der Waals surface area contributed by atoms with Gasteiger partial charge in [0.25, 0.3) is 0 Å². The van der Waals surface area contributed by atoms with Crippen molar-refractivity contribution < 1.29 is 9.90 Å². The summed E-state index contributed by atoms with van der Waals surface area (Å²) < 4.78 is 0. The van der Waals surface area contributed by atoms with Crippen LogP contribution in [0, 0.1) is 0 Å². The fourth-order valence-electron chi connectivity index (χ4n) is 1.88. The van der Waals surface area contributed by atoms with Gasteiger partial charge in [0.15, 0.2) is 0 Å². The lowest BCUT2D eigenvalue weighted by Gasteiger charge is -2.10. The SMILES string of the molecule is CCc1ccccc1NCc1cccc(C(=O)O)n1. The number of aromatic nitrogens is 1. The summed E-state index contributed by atoms with van der Waals surface area (Å²) in [4.78, 5) is 14.9. The number of nitrogens with zero attached hydrogens (tertiary/aromatic N) is 1. The van der Waals surface area contributed by atoms with Crippen molar-refractivity contribution in [3.63, 3.8) is 0 Å². The number of pyridine rings is 1. The number of carboxylic acid groups (broad SMARTS) is 1. The number of rotatable bonds is 5. The Morgan fingerprint density at radius 1 is 1.21 bits per heavy atom. The number of hydrogen-bond donors (Lipinski definition) is 2. The van der Waals surface area contributed by atoms with Gasteiger partial charge in [0.05, 0.1) is 12.2 Å². The molecule has 0 bridgehead atoms. The number of anilines is 1. The molecule has 98 valence electrons. The molecule has 0 aliphatic rings. The van der Waals surface area contributed by atoms with E-state index in [9.17, 15) is 4.79 Å². The fourth-order valence-corrected chi connectivity index (χ4v) is 1.88. The zero-order valence-electron chi connectivity index (χ0n) is 10.8. The van der Waals surface area contributed by atoms with Gasteiger partial charge in [-0.1, -0.05) is 31.2 Å². The molecule has 0 atom stereocenters. The van der Waals surface area contributed by atoms with Crippen LogP contribution in [0.5, 0.6) is 0 Å². The quantitative estimate of drug-likeness (QED) is 0.863. The van der Waals surface area contributed by atoms with Crippen molar-refractivity contribution in [2.45, 2.75) is 19.9 Å². The standard InChI is InChI=1S/C15H16N2O2/c1-2-11-6-3-4-8-13(11)16-10-12-7-5-9-14(17-12)15(18)19/h3-9,16H,2,10H2,1H3,(H,18,19). The van der Waals surface area contributed by atoms with E-state index in [0.717, 1.165) is 12.1 Å². The molecule has 4 nitrogen and oxygen atoms in total. The molecule has 0 saturated heterocycles. The summed E-state index contributed by atoms with van der Waals surface area (Å²) in [6.45, 7) is 2.61. The summed E-state index contributed by atoms with van der Waals surface area (Å²) in [5.74, 6) is -1.00. The lowest BCUT2D eigenvalue weighted by atomic mass is 10.1. The first-order valence-electron chi connectivity index (χ1n) is 6.21. The highest BCUT2D eigenvalue weighted by Gasteiger charge is 2.05. The summed E-state index contributed by atoms with van der Waals surface area (Å²) in [6.07, 6.45) is 0.950. The molecule has 2 aromatic rings. The average molecular weight is 256 g/mol. The summed E-state index contributed by atoms with van der Waals surface area (Å²) in [7, 11) is 0. The Morgan fingerprint density at radius 3 is 2.74 bits per heavy atom. The van der Waals surface area contributed by atoms with Crippen LogP contribution in [-0.4, -0.2) is 16.1 Å². The number of aryl methyl sites for hydroxylation is 1. The number of carbonyl (C=O) groups is 1. The van der Waals surface area contributed by atoms with E-state index in [1.807, 2.05) is 24.3 Å². The minimum atomic E-state index is -1.00. The van der Waals surface area contributed by atoms with E-state index in [0.29, 0.717) is 12.2 Å². The topological polar surface area (TPSA) is 62.2 Å². The highest BCUT2D eigenvalue weighted by Crippen LogP contribution is 2.16. The Labute approximate surface area is 112 Å². The van der Waals surface area contributed by atoms with E-state index in [2.05, 4.69) is 23.3 Å². The highest BCUT2D eigenvalue weighted by atomic mass is 16.4. The molecule has 0 aliphatic carbocycles. The largest absolute Gasteiger partial charge is 0.477 e. The minimum Gasteiger partial charge on any atom is -0.477 e. The van der Waals surface area contributed by atoms with Crippen molar-refractivity contribution in [2.24, 2.45) is 0 Å². The molecule has 1 aromatic heterocycles. The van der Waals surface area contributed by atoms with Gasteiger partial charge in [-0.3, -0.25) is 0 Å². The average Bonchev–Trinajstić information content (AvgIpc) is 2.45. The number of aromatic carboxylic acids is 1. The Bertz CT molecular complexity index is 582. The van der Waals surface area contributed by atoms with E-state index in [-0.39, 0.29) is 5.69 Å². The summed E-state index contributed by atoms with van der Waals surface area (Å²) in [5, 5.41) is 12.2. The number of carboxylic acids is 1. The maximum absolute atomic E-state index is 10.8. The van der Waals surface area contributed by atoms with Gasteiger partial charge >= 0.3 is 5.97 Å². The molecular formula is C15H16N2O2. The van der Waals surface area contributed by atoms with Crippen LogP contribution < -0.4 is 5.32 Å². The normalized spacial score (nSPS) is 10.2. The van der Waals surface area contributed by atoms with Gasteiger partial charge in [-0.25, -0.2) is 9.78 Å². The molecule has 0 radical (unpaired) electrons. The molecule has 1 aromatic carbocycles. The summed E-state index contributed by atoms with van der Waals surface area (Å²) in [5.41, 5.74) is 3.08. The molecule has 19 heavy (non-hydrogen) atoms. The fraction of sp³-hybridized carbons (Fsp3) is 0.200. The van der Waals surface area contributed by atoms with Gasteiger partial charge in [-0.05, 0) is 30.2 Å². The van der Waals surface area contributed by atoms with Crippen molar-refractivity contribution in [2.75, 3.05) is 5.32 Å². The molecule has 0 spiro atoms. The summed E-state index contributed by atoms with van der Waals surface area (Å²) in [6, 6.07) is 13.1. The van der Waals surface area contributed by atoms with Crippen LogP contribution in [0.25, 0.3) is 0 Å². The first kappa shape index (κ1) is 13.1. The number of nitrogens with one attached hydrogen (secondary N) is 1. The number of hydrogen-bond acceptors (Lipinski definition) is 3. The van der Waals surface area contributed by atoms with Gasteiger partial charge in [0, 0.05) is 5.69 Å². The second-order valence-electron chi connectivity index (χ2n) is 4.18. The molecule has 0 fully saturated rings. The van der Waals surface area contributed by atoms with Crippen LogP contribution >= 0.6 is 0 Å². The van der Waals surface area contributed by atoms with Gasteiger partial charge in [-0.15, -0.1) is 0 Å². The van der Waals surface area contributed by atoms with E-state index in [4.69, 9.17) is 5.11 Å². The predicted molar refractivity (Wildman–Crippen MR) is 74.3 cm³/mol. The van der Waals surface area contributed by atoms with Crippen LogP contribution in [0.3, 0.4) is 0 Å². The molecule has 0 saturated carbocycles. The Morgan fingerprint density at radius 2 is 2.00 bits per heavy atom. The Kier molecular flexibility index (Phi) is 4.13. The van der Waals surface area contributed by atoms with E-state index in [1.165, 1.54) is 11.6 Å². The van der Waals surface area contributed by atoms with Crippen LogP contribution in [0.4, 0.5) is 5.69 Å². The molecular weight excluding hydrogens is 240 g/mol. The Balaban J connectivity index is 2.10. The lowest BCUT2D eigenvalue weighted by Crippen LogP contribution is -2.07. The van der Waals surface area contributed by atoms with Crippen LogP contribution in [0.1, 0.15) is 28.7 Å². The maximum atomic E-state index is 10.8. The van der Waals surface area contributed by atoms with E-state index in [1.54, 1.807) is 6.07 Å². The van der Waals surface area contributed by atoms with E-state index >= 15 is 0 Å². The third-order valence-electron chi connectivity index (χ3n) is 2.88. The molecule has 2 N–H and O–H groups in total. The number of para-hydroxylation sites is 1.